The zero-order chi connectivity index (χ0) is 18.7. The Kier molecular flexibility index (Phi) is 5.34. The number of hydrogen-bond donors (Lipinski definition) is 5. The minimum absolute atomic E-state index is 0.169. The highest BCUT2D eigenvalue weighted by molar-refractivity contribution is 5.97. The smallest absolute Gasteiger partial charge is 0.389 e. The van der Waals surface area contributed by atoms with Gasteiger partial charge in [0.05, 0.1) is 12.3 Å². The molecular formula is C18H25N6O2+. The van der Waals surface area contributed by atoms with Crippen molar-refractivity contribution in [1.29, 1.82) is 0 Å². The molecule has 8 nitrogen and oxygen atoms in total. The van der Waals surface area contributed by atoms with Gasteiger partial charge in [0.15, 0.2) is 0 Å². The maximum atomic E-state index is 11.7. The fraction of sp³-hybridized carbons (Fsp3) is 0.389. The predicted octanol–water partition coefficient (Wildman–Crippen LogP) is 0.699. The van der Waals surface area contributed by atoms with Crippen molar-refractivity contribution >= 4 is 23.4 Å². The zero-order valence-corrected chi connectivity index (χ0v) is 14.7. The van der Waals surface area contributed by atoms with Gasteiger partial charge in [0.1, 0.15) is 11.6 Å². The molecule has 1 aliphatic carbocycles. The minimum Gasteiger partial charge on any atom is -0.389 e. The van der Waals surface area contributed by atoms with Crippen LogP contribution in [0.25, 0.3) is 0 Å². The van der Waals surface area contributed by atoms with Gasteiger partial charge in [-0.25, -0.2) is 4.98 Å². The molecule has 8 N–H and O–H groups in total. The van der Waals surface area contributed by atoms with Crippen LogP contribution >= 0.6 is 0 Å². The van der Waals surface area contributed by atoms with Crippen molar-refractivity contribution in [1.82, 2.24) is 4.98 Å². The first-order valence-electron chi connectivity index (χ1n) is 8.70. The maximum absolute atomic E-state index is 11.7. The SMILES string of the molecule is Cc1cccc(Nc2nc(N[C@@H]3[C@H](O)CCC[C@@H]3N)[nH+]cc2C(N)=O)c1. The molecule has 8 heteroatoms. The number of aromatic nitrogens is 2. The molecule has 1 aromatic heterocycles. The lowest BCUT2D eigenvalue weighted by molar-refractivity contribution is -0.365. The molecule has 1 fully saturated rings. The molecule has 1 saturated carbocycles. The Morgan fingerprint density at radius 1 is 1.38 bits per heavy atom. The van der Waals surface area contributed by atoms with Gasteiger partial charge < -0.3 is 21.9 Å². The summed E-state index contributed by atoms with van der Waals surface area (Å²) in [5.74, 6) is 0.152. The molecule has 0 bridgehead atoms. The number of aryl methyl sites for hydroxylation is 1. The summed E-state index contributed by atoms with van der Waals surface area (Å²) >= 11 is 0. The lowest BCUT2D eigenvalue weighted by Crippen LogP contribution is -2.51. The number of nitrogens with zero attached hydrogens (tertiary/aromatic N) is 1. The first kappa shape index (κ1) is 18.1. The number of aliphatic hydroxyl groups is 1. The van der Waals surface area contributed by atoms with Crippen LogP contribution in [0.3, 0.4) is 0 Å². The average molecular weight is 357 g/mol. The largest absolute Gasteiger partial charge is 0.391 e. The molecule has 0 aliphatic heterocycles. The Balaban J connectivity index is 1.87. The maximum Gasteiger partial charge on any atom is 0.391 e. The molecule has 3 rings (SSSR count). The van der Waals surface area contributed by atoms with Crippen molar-refractivity contribution in [2.24, 2.45) is 11.5 Å². The number of aromatic amines is 1. The van der Waals surface area contributed by atoms with E-state index in [0.29, 0.717) is 18.2 Å². The molecule has 0 spiro atoms. The average Bonchev–Trinajstić information content (AvgIpc) is 2.58. The van der Waals surface area contributed by atoms with E-state index in [4.69, 9.17) is 11.5 Å². The van der Waals surface area contributed by atoms with Gasteiger partial charge in [-0.1, -0.05) is 17.1 Å². The Morgan fingerprint density at radius 3 is 2.88 bits per heavy atom. The third kappa shape index (κ3) is 4.09. The van der Waals surface area contributed by atoms with Crippen LogP contribution in [0.2, 0.25) is 0 Å². The fourth-order valence-electron chi connectivity index (χ4n) is 3.20. The molecular weight excluding hydrogens is 332 g/mol. The number of carbonyl (C=O) groups is 1. The number of rotatable bonds is 5. The van der Waals surface area contributed by atoms with Crippen LogP contribution < -0.4 is 27.1 Å². The number of benzene rings is 1. The predicted molar refractivity (Wildman–Crippen MR) is 99.0 cm³/mol. The van der Waals surface area contributed by atoms with Gasteiger partial charge in [0.25, 0.3) is 5.91 Å². The summed E-state index contributed by atoms with van der Waals surface area (Å²) in [5.41, 5.74) is 13.7. The van der Waals surface area contributed by atoms with Crippen molar-refractivity contribution < 1.29 is 14.9 Å². The van der Waals surface area contributed by atoms with Crippen molar-refractivity contribution in [3.8, 4) is 0 Å². The van der Waals surface area contributed by atoms with E-state index < -0.39 is 12.0 Å². The molecule has 26 heavy (non-hydrogen) atoms. The third-order valence-corrected chi connectivity index (χ3v) is 4.59. The van der Waals surface area contributed by atoms with Gasteiger partial charge in [-0.3, -0.25) is 10.1 Å². The number of nitrogens with two attached hydrogens (primary N) is 2. The third-order valence-electron chi connectivity index (χ3n) is 4.59. The first-order chi connectivity index (χ1) is 12.4. The number of anilines is 3. The number of nitrogens with one attached hydrogen (secondary N) is 3. The zero-order valence-electron chi connectivity index (χ0n) is 14.7. The highest BCUT2D eigenvalue weighted by atomic mass is 16.3. The van der Waals surface area contributed by atoms with Crippen LogP contribution in [0.1, 0.15) is 35.2 Å². The second kappa shape index (κ2) is 7.67. The molecule has 0 saturated heterocycles. The van der Waals surface area contributed by atoms with Gasteiger partial charge in [0.2, 0.25) is 5.82 Å². The normalized spacial score (nSPS) is 22.7. The molecule has 138 valence electrons. The van der Waals surface area contributed by atoms with Crippen molar-refractivity contribution in [3.05, 3.63) is 41.6 Å². The number of hydrogen-bond acceptors (Lipinski definition) is 6. The monoisotopic (exact) mass is 357 g/mol. The summed E-state index contributed by atoms with van der Waals surface area (Å²) in [6.45, 7) is 1.98. The van der Waals surface area contributed by atoms with Crippen LogP contribution in [-0.4, -0.2) is 34.2 Å². The number of amides is 1. The van der Waals surface area contributed by atoms with Gasteiger partial charge in [-0.05, 0) is 43.9 Å². The van der Waals surface area contributed by atoms with Crippen molar-refractivity contribution in [2.75, 3.05) is 10.6 Å². The standard InChI is InChI=1S/C18H24N6O2/c1-10-4-2-5-11(8-10)22-17-12(16(20)26)9-21-18(24-17)23-15-13(19)6-3-7-14(15)25/h2,4-5,8-9,13-15,25H,3,6-7,19H2,1H3,(H2,20,26)(H2,21,22,23,24)/p+1/t13-,14+,15-/m0/s1. The van der Waals surface area contributed by atoms with Gasteiger partial charge >= 0.3 is 5.95 Å². The number of H-pyrrole nitrogens is 1. The van der Waals surface area contributed by atoms with Crippen LogP contribution in [-0.2, 0) is 0 Å². The van der Waals surface area contributed by atoms with E-state index in [9.17, 15) is 9.90 Å². The summed E-state index contributed by atoms with van der Waals surface area (Å²) in [4.78, 5) is 19.1. The first-order valence-corrected chi connectivity index (χ1v) is 8.70. The molecule has 3 atom stereocenters. The minimum atomic E-state index is -0.593. The summed E-state index contributed by atoms with van der Waals surface area (Å²) in [6.07, 6.45) is 3.38. The quantitative estimate of drug-likeness (QED) is 0.533. The van der Waals surface area contributed by atoms with Gasteiger partial charge in [0, 0.05) is 11.7 Å². The topological polar surface area (TPSA) is 140 Å². The van der Waals surface area contributed by atoms with E-state index in [2.05, 4.69) is 20.6 Å². The Bertz CT molecular complexity index is 787. The van der Waals surface area contributed by atoms with E-state index in [-0.39, 0.29) is 17.6 Å². The molecule has 1 aliphatic rings. The fourth-order valence-corrected chi connectivity index (χ4v) is 3.20. The highest BCUT2D eigenvalue weighted by Gasteiger charge is 2.33. The van der Waals surface area contributed by atoms with Gasteiger partial charge in [-0.15, -0.1) is 0 Å². The highest BCUT2D eigenvalue weighted by Crippen LogP contribution is 2.22. The lowest BCUT2D eigenvalue weighted by Gasteiger charge is -2.30. The van der Waals surface area contributed by atoms with Crippen LogP contribution in [0.5, 0.6) is 0 Å². The van der Waals surface area contributed by atoms with E-state index in [1.165, 1.54) is 6.20 Å². The van der Waals surface area contributed by atoms with Crippen molar-refractivity contribution in [2.45, 2.75) is 44.4 Å². The molecule has 1 amide bonds. The Labute approximate surface area is 152 Å². The molecule has 2 aromatic rings. The Morgan fingerprint density at radius 2 is 2.19 bits per heavy atom. The number of aliphatic hydroxyl groups excluding tert-OH is 1. The summed E-state index contributed by atoms with van der Waals surface area (Å²) < 4.78 is 0. The summed E-state index contributed by atoms with van der Waals surface area (Å²) in [5, 5.41) is 16.5. The van der Waals surface area contributed by atoms with Crippen LogP contribution in [0.15, 0.2) is 30.5 Å². The number of carbonyl (C=O) groups excluding carboxylic acids is 1. The second-order valence-electron chi connectivity index (χ2n) is 6.70. The molecule has 1 aromatic carbocycles. The van der Waals surface area contributed by atoms with Crippen molar-refractivity contribution in [3.63, 3.8) is 0 Å². The van der Waals surface area contributed by atoms with E-state index in [1.807, 2.05) is 31.2 Å². The van der Waals surface area contributed by atoms with E-state index in [1.54, 1.807) is 0 Å². The van der Waals surface area contributed by atoms with Gasteiger partial charge in [-0.2, -0.15) is 0 Å². The van der Waals surface area contributed by atoms with Crippen LogP contribution in [0, 0.1) is 6.92 Å². The summed E-state index contributed by atoms with van der Waals surface area (Å²) in [7, 11) is 0. The Hall–Kier alpha value is -2.71. The second-order valence-corrected chi connectivity index (χ2v) is 6.70. The lowest BCUT2D eigenvalue weighted by atomic mass is 9.88. The molecule has 0 radical (unpaired) electrons. The molecule has 1 heterocycles. The van der Waals surface area contributed by atoms with E-state index >= 15 is 0 Å². The van der Waals surface area contributed by atoms with E-state index in [0.717, 1.165) is 24.1 Å². The number of primary amides is 1. The molecule has 0 unspecified atom stereocenters. The van der Waals surface area contributed by atoms with Crippen LogP contribution in [0.4, 0.5) is 17.5 Å². The summed E-state index contributed by atoms with van der Waals surface area (Å²) in [6, 6.07) is 7.23.